The molecule has 1 aromatic carbocycles. The second-order valence-electron chi connectivity index (χ2n) is 6.35. The zero-order valence-electron chi connectivity index (χ0n) is 12.7. The van der Waals surface area contributed by atoms with Gasteiger partial charge in [-0.15, -0.1) is 0 Å². The number of halogens is 1. The van der Waals surface area contributed by atoms with Crippen LogP contribution in [0.25, 0.3) is 0 Å². The van der Waals surface area contributed by atoms with E-state index in [1.165, 1.54) is 0 Å². The number of ether oxygens (including phenoxy) is 1. The molecule has 0 saturated carbocycles. The highest BCUT2D eigenvalue weighted by atomic mass is 35.7. The van der Waals surface area contributed by atoms with E-state index in [4.69, 9.17) is 15.4 Å². The Morgan fingerprint density at radius 2 is 1.85 bits per heavy atom. The number of aryl methyl sites for hydroxylation is 2. The van der Waals surface area contributed by atoms with Crippen molar-refractivity contribution in [3.05, 3.63) is 29.3 Å². The maximum absolute atomic E-state index is 11.3. The van der Waals surface area contributed by atoms with Gasteiger partial charge in [-0.25, -0.2) is 8.42 Å². The van der Waals surface area contributed by atoms with Crippen LogP contribution in [-0.2, 0) is 9.05 Å². The van der Waals surface area contributed by atoms with E-state index in [2.05, 4.69) is 0 Å². The minimum Gasteiger partial charge on any atom is -0.493 e. The Bertz CT molecular complexity index is 559. The Morgan fingerprint density at radius 3 is 2.35 bits per heavy atom. The molecular weight excluding hydrogens is 296 g/mol. The third kappa shape index (κ3) is 5.71. The van der Waals surface area contributed by atoms with Crippen LogP contribution in [0.5, 0.6) is 5.75 Å². The second-order valence-corrected chi connectivity index (χ2v) is 9.17. The van der Waals surface area contributed by atoms with Gasteiger partial charge in [-0.1, -0.05) is 32.9 Å². The third-order valence-electron chi connectivity index (χ3n) is 3.41. The summed E-state index contributed by atoms with van der Waals surface area (Å²) in [6.45, 7) is 10.3. The highest BCUT2D eigenvalue weighted by Gasteiger charge is 2.29. The van der Waals surface area contributed by atoms with Crippen molar-refractivity contribution in [2.75, 3.05) is 12.4 Å². The molecule has 0 aliphatic heterocycles. The van der Waals surface area contributed by atoms with Gasteiger partial charge >= 0.3 is 0 Å². The largest absolute Gasteiger partial charge is 0.493 e. The van der Waals surface area contributed by atoms with Crippen molar-refractivity contribution in [3.8, 4) is 5.75 Å². The van der Waals surface area contributed by atoms with Crippen molar-refractivity contribution in [1.82, 2.24) is 0 Å². The normalized spacial score (nSPS) is 14.1. The molecule has 0 fully saturated rings. The van der Waals surface area contributed by atoms with Gasteiger partial charge in [0.1, 0.15) is 5.75 Å². The maximum atomic E-state index is 11.3. The van der Waals surface area contributed by atoms with Crippen LogP contribution in [0, 0.1) is 25.2 Å². The first kappa shape index (κ1) is 17.3. The Balaban J connectivity index is 2.84. The van der Waals surface area contributed by atoms with Crippen molar-refractivity contribution in [2.45, 2.75) is 34.6 Å². The third-order valence-corrected chi connectivity index (χ3v) is 4.59. The van der Waals surface area contributed by atoms with Gasteiger partial charge in [0.2, 0.25) is 9.05 Å². The fraction of sp³-hybridized carbons (Fsp3) is 0.600. The van der Waals surface area contributed by atoms with Crippen LogP contribution in [0.2, 0.25) is 0 Å². The van der Waals surface area contributed by atoms with E-state index in [0.29, 0.717) is 6.61 Å². The van der Waals surface area contributed by atoms with Gasteiger partial charge in [-0.3, -0.25) is 0 Å². The standard InChI is InChI=1S/C15H23ClO3S/c1-11-6-7-12(2)14(8-11)19-9-13(15(3,4)5)10-20(16,17)18/h6-8,13H,9-10H2,1-5H3. The van der Waals surface area contributed by atoms with Gasteiger partial charge in [-0.05, 0) is 36.5 Å². The molecule has 0 saturated heterocycles. The van der Waals surface area contributed by atoms with Crippen molar-refractivity contribution >= 4 is 19.7 Å². The van der Waals surface area contributed by atoms with E-state index >= 15 is 0 Å². The molecule has 1 unspecified atom stereocenters. The lowest BCUT2D eigenvalue weighted by Gasteiger charge is -2.29. The fourth-order valence-electron chi connectivity index (χ4n) is 1.84. The van der Waals surface area contributed by atoms with Crippen LogP contribution >= 0.6 is 10.7 Å². The minimum absolute atomic E-state index is 0.0804. The van der Waals surface area contributed by atoms with Crippen LogP contribution in [0.3, 0.4) is 0 Å². The molecule has 0 spiro atoms. The lowest BCUT2D eigenvalue weighted by molar-refractivity contribution is 0.163. The molecule has 0 aliphatic carbocycles. The lowest BCUT2D eigenvalue weighted by atomic mass is 9.82. The summed E-state index contributed by atoms with van der Waals surface area (Å²) in [5.41, 5.74) is 1.96. The minimum atomic E-state index is -3.54. The predicted octanol–water partition coefficient (Wildman–Crippen LogP) is 3.91. The summed E-state index contributed by atoms with van der Waals surface area (Å²) in [5.74, 6) is 0.555. The van der Waals surface area contributed by atoms with Gasteiger partial charge in [-0.2, -0.15) is 0 Å². The summed E-state index contributed by atoms with van der Waals surface area (Å²) in [7, 11) is 1.85. The molecule has 0 N–H and O–H groups in total. The molecule has 0 aromatic heterocycles. The molecule has 114 valence electrons. The molecule has 0 radical (unpaired) electrons. The van der Waals surface area contributed by atoms with Crippen molar-refractivity contribution in [2.24, 2.45) is 11.3 Å². The highest BCUT2D eigenvalue weighted by molar-refractivity contribution is 8.13. The van der Waals surface area contributed by atoms with E-state index in [9.17, 15) is 8.42 Å². The van der Waals surface area contributed by atoms with Gasteiger partial charge < -0.3 is 4.74 Å². The van der Waals surface area contributed by atoms with Crippen LogP contribution in [0.15, 0.2) is 18.2 Å². The van der Waals surface area contributed by atoms with E-state index < -0.39 is 9.05 Å². The van der Waals surface area contributed by atoms with Crippen LogP contribution in [0.4, 0.5) is 0 Å². The molecule has 3 nitrogen and oxygen atoms in total. The fourth-order valence-corrected chi connectivity index (χ4v) is 3.37. The molecule has 1 aromatic rings. The van der Waals surface area contributed by atoms with Gasteiger partial charge in [0.15, 0.2) is 0 Å². The summed E-state index contributed by atoms with van der Waals surface area (Å²) >= 11 is 0. The first-order valence-electron chi connectivity index (χ1n) is 6.61. The zero-order valence-corrected chi connectivity index (χ0v) is 14.3. The smallest absolute Gasteiger partial charge is 0.233 e. The molecule has 1 rings (SSSR count). The van der Waals surface area contributed by atoms with Gasteiger partial charge in [0.05, 0.1) is 12.4 Å². The predicted molar refractivity (Wildman–Crippen MR) is 84.0 cm³/mol. The average molecular weight is 319 g/mol. The Morgan fingerprint density at radius 1 is 1.25 bits per heavy atom. The van der Waals surface area contributed by atoms with Crippen LogP contribution in [-0.4, -0.2) is 20.8 Å². The van der Waals surface area contributed by atoms with E-state index in [1.807, 2.05) is 52.8 Å². The Hall–Kier alpha value is -0.740. The second kappa shape index (κ2) is 6.35. The summed E-state index contributed by atoms with van der Waals surface area (Å²) in [5, 5.41) is 0. The highest BCUT2D eigenvalue weighted by Crippen LogP contribution is 2.30. The molecule has 0 amide bonds. The van der Waals surface area contributed by atoms with Gasteiger partial charge in [0.25, 0.3) is 0 Å². The number of benzene rings is 1. The molecule has 0 aliphatic rings. The number of rotatable bonds is 5. The molecule has 0 bridgehead atoms. The average Bonchev–Trinajstić information content (AvgIpc) is 2.25. The van der Waals surface area contributed by atoms with Crippen LogP contribution < -0.4 is 4.74 Å². The maximum Gasteiger partial charge on any atom is 0.233 e. The van der Waals surface area contributed by atoms with E-state index in [0.717, 1.165) is 16.9 Å². The quantitative estimate of drug-likeness (QED) is 0.773. The number of hydrogen-bond acceptors (Lipinski definition) is 3. The Labute approximate surface area is 126 Å². The molecule has 20 heavy (non-hydrogen) atoms. The van der Waals surface area contributed by atoms with Crippen molar-refractivity contribution in [3.63, 3.8) is 0 Å². The number of hydrogen-bond donors (Lipinski definition) is 0. The van der Waals surface area contributed by atoms with Gasteiger partial charge in [0, 0.05) is 16.6 Å². The zero-order chi connectivity index (χ0) is 15.6. The molecule has 1 atom stereocenters. The molecule has 0 heterocycles. The summed E-state index contributed by atoms with van der Waals surface area (Å²) in [4.78, 5) is 0. The lowest BCUT2D eigenvalue weighted by Crippen LogP contribution is -2.31. The SMILES string of the molecule is Cc1ccc(C)c(OCC(CS(=O)(=O)Cl)C(C)(C)C)c1. The Kier molecular flexibility index (Phi) is 5.50. The van der Waals surface area contributed by atoms with Crippen LogP contribution in [0.1, 0.15) is 31.9 Å². The van der Waals surface area contributed by atoms with E-state index in [-0.39, 0.29) is 17.1 Å². The molecular formula is C15H23ClO3S. The van der Waals surface area contributed by atoms with Crippen molar-refractivity contribution < 1.29 is 13.2 Å². The molecule has 5 heteroatoms. The summed E-state index contributed by atoms with van der Waals surface area (Å²) < 4.78 is 28.5. The monoisotopic (exact) mass is 318 g/mol. The topological polar surface area (TPSA) is 43.4 Å². The first-order chi connectivity index (χ1) is 8.99. The van der Waals surface area contributed by atoms with Crippen molar-refractivity contribution in [1.29, 1.82) is 0 Å². The summed E-state index contributed by atoms with van der Waals surface area (Å²) in [6.07, 6.45) is 0. The summed E-state index contributed by atoms with van der Waals surface area (Å²) in [6, 6.07) is 5.98. The first-order valence-corrected chi connectivity index (χ1v) is 9.09. The van der Waals surface area contributed by atoms with E-state index in [1.54, 1.807) is 0 Å².